The molecule has 11 nitrogen and oxygen atoms in total. The molecular formula is C41H44ClN7O4. The molecule has 1 atom stereocenters. The van der Waals surface area contributed by atoms with E-state index in [2.05, 4.69) is 46.3 Å². The van der Waals surface area contributed by atoms with Gasteiger partial charge in [0.25, 0.3) is 0 Å². The van der Waals surface area contributed by atoms with E-state index in [1.165, 1.54) is 11.1 Å². The highest BCUT2D eigenvalue weighted by molar-refractivity contribution is 6.36. The predicted molar refractivity (Wildman–Crippen MR) is 202 cm³/mol. The zero-order chi connectivity index (χ0) is 36.6. The van der Waals surface area contributed by atoms with Crippen LogP contribution in [0.3, 0.4) is 0 Å². The van der Waals surface area contributed by atoms with Crippen LogP contribution in [0.5, 0.6) is 11.8 Å². The highest BCUT2D eigenvalue weighted by atomic mass is 35.5. The number of nitrogens with zero attached hydrogens (tertiary/aromatic N) is 6. The minimum absolute atomic E-state index is 0.0947. The molecule has 4 saturated heterocycles. The molecule has 0 bridgehead atoms. The van der Waals surface area contributed by atoms with Crippen LogP contribution in [-0.2, 0) is 22.6 Å². The Morgan fingerprint density at radius 2 is 1.62 bits per heavy atom. The highest BCUT2D eigenvalue weighted by Gasteiger charge is 2.55. The number of hydrogen-bond acceptors (Lipinski definition) is 9. The first kappa shape index (κ1) is 34.2. The maximum atomic E-state index is 11.8. The third-order valence-electron chi connectivity index (χ3n) is 12.2. The summed E-state index contributed by atoms with van der Waals surface area (Å²) in [4.78, 5) is 45.0. The smallest absolute Gasteiger partial charge is 0.237 e. The van der Waals surface area contributed by atoms with Crippen molar-refractivity contribution in [2.75, 3.05) is 53.5 Å². The fourth-order valence-corrected chi connectivity index (χ4v) is 9.87. The van der Waals surface area contributed by atoms with Gasteiger partial charge in [0.15, 0.2) is 0 Å². The first-order valence-electron chi connectivity index (χ1n) is 18.5. The minimum Gasteiger partial charge on any atom is -0.481 e. The van der Waals surface area contributed by atoms with E-state index in [1.807, 2.05) is 23.1 Å². The molecule has 0 saturated carbocycles. The SMILES string of the molecule is COc1nc(-c2cccc(-c3cccc(-c4cc5c(c(OC)n4)C(N4CC6(CN(C(C)=O)C6)C4)CC5)c3C)c2Cl)cnc1CN1CC2(CCC(=O)N2)C1. The van der Waals surface area contributed by atoms with Crippen molar-refractivity contribution >= 4 is 23.4 Å². The van der Waals surface area contributed by atoms with Crippen LogP contribution in [0.15, 0.2) is 48.7 Å². The van der Waals surface area contributed by atoms with E-state index >= 15 is 0 Å². The molecule has 2 aromatic carbocycles. The van der Waals surface area contributed by atoms with Crippen molar-refractivity contribution in [2.45, 2.75) is 57.7 Å². The van der Waals surface area contributed by atoms with Crippen molar-refractivity contribution in [3.63, 3.8) is 0 Å². The van der Waals surface area contributed by atoms with Crippen molar-refractivity contribution < 1.29 is 19.1 Å². The van der Waals surface area contributed by atoms with Gasteiger partial charge in [-0.25, -0.2) is 9.97 Å². The second kappa shape index (κ2) is 12.8. The summed E-state index contributed by atoms with van der Waals surface area (Å²) >= 11 is 7.22. The number of fused-ring (bicyclic) bond motifs is 1. The summed E-state index contributed by atoms with van der Waals surface area (Å²) in [5.74, 6) is 1.46. The summed E-state index contributed by atoms with van der Waals surface area (Å²) in [6, 6.07) is 14.8. The van der Waals surface area contributed by atoms with E-state index < -0.39 is 0 Å². The van der Waals surface area contributed by atoms with Gasteiger partial charge in [0, 0.05) is 92.9 Å². The number of carbonyl (C=O) groups is 2. The number of amides is 2. The second-order valence-corrected chi connectivity index (χ2v) is 16.1. The number of hydrogen-bond donors (Lipinski definition) is 1. The number of pyridine rings is 1. The third kappa shape index (κ3) is 5.75. The Morgan fingerprint density at radius 1 is 0.925 bits per heavy atom. The van der Waals surface area contributed by atoms with Crippen LogP contribution >= 0.6 is 11.6 Å². The van der Waals surface area contributed by atoms with Gasteiger partial charge < -0.3 is 19.7 Å². The Balaban J connectivity index is 0.958. The van der Waals surface area contributed by atoms with Gasteiger partial charge >= 0.3 is 0 Å². The molecule has 2 aromatic heterocycles. The number of benzene rings is 2. The van der Waals surface area contributed by atoms with Crippen LogP contribution in [-0.4, -0.2) is 100 Å². The lowest BCUT2D eigenvalue weighted by molar-refractivity contribution is -0.161. The molecular weight excluding hydrogens is 690 g/mol. The van der Waals surface area contributed by atoms with Gasteiger partial charge in [-0.1, -0.05) is 48.0 Å². The molecule has 9 rings (SSSR count). The molecule has 274 valence electrons. The summed E-state index contributed by atoms with van der Waals surface area (Å²) in [6.07, 6.45) is 5.25. The molecule has 1 unspecified atom stereocenters. The molecule has 6 heterocycles. The minimum atomic E-state index is -0.0947. The van der Waals surface area contributed by atoms with E-state index in [-0.39, 0.29) is 28.8 Å². The van der Waals surface area contributed by atoms with Crippen LogP contribution in [0.4, 0.5) is 0 Å². The maximum Gasteiger partial charge on any atom is 0.237 e. The van der Waals surface area contributed by atoms with Gasteiger partial charge in [0.1, 0.15) is 5.69 Å². The van der Waals surface area contributed by atoms with Crippen LogP contribution in [0.25, 0.3) is 33.6 Å². The first-order valence-corrected chi connectivity index (χ1v) is 18.9. The van der Waals surface area contributed by atoms with Gasteiger partial charge in [-0.2, -0.15) is 0 Å². The molecule has 5 aliphatic rings. The van der Waals surface area contributed by atoms with Crippen LogP contribution in [0.1, 0.15) is 54.6 Å². The molecule has 12 heteroatoms. The summed E-state index contributed by atoms with van der Waals surface area (Å²) in [5.41, 5.74) is 9.72. The highest BCUT2D eigenvalue weighted by Crippen LogP contribution is 2.50. The van der Waals surface area contributed by atoms with Gasteiger partial charge in [-0.15, -0.1) is 0 Å². The van der Waals surface area contributed by atoms with Crippen LogP contribution < -0.4 is 14.8 Å². The van der Waals surface area contributed by atoms with Crippen molar-refractivity contribution in [3.8, 4) is 45.4 Å². The number of aryl methyl sites for hydroxylation is 1. The molecule has 4 aliphatic heterocycles. The number of likely N-dealkylation sites (tertiary alicyclic amines) is 3. The third-order valence-corrected chi connectivity index (χ3v) is 12.6. The van der Waals surface area contributed by atoms with Crippen molar-refractivity contribution in [2.24, 2.45) is 5.41 Å². The molecule has 53 heavy (non-hydrogen) atoms. The Labute approximate surface area is 314 Å². The molecule has 4 aromatic rings. The summed E-state index contributed by atoms with van der Waals surface area (Å²) in [5, 5.41) is 3.72. The van der Waals surface area contributed by atoms with Crippen molar-refractivity contribution in [3.05, 3.63) is 76.1 Å². The fourth-order valence-electron chi connectivity index (χ4n) is 9.55. The molecule has 1 N–H and O–H groups in total. The topological polar surface area (TPSA) is 113 Å². The molecule has 1 aliphatic carbocycles. The average Bonchev–Trinajstić information content (AvgIpc) is 3.71. The first-order chi connectivity index (χ1) is 25.6. The Bertz CT molecular complexity index is 2150. The number of nitrogens with one attached hydrogen (secondary N) is 1. The predicted octanol–water partition coefficient (Wildman–Crippen LogP) is 5.47. The van der Waals surface area contributed by atoms with Gasteiger partial charge in [0.2, 0.25) is 23.6 Å². The number of ether oxygens (including phenoxy) is 2. The van der Waals surface area contributed by atoms with Gasteiger partial charge in [0.05, 0.1) is 42.4 Å². The quantitative estimate of drug-likeness (QED) is 0.252. The Morgan fingerprint density at radius 3 is 2.32 bits per heavy atom. The van der Waals surface area contributed by atoms with E-state index in [0.29, 0.717) is 35.4 Å². The van der Waals surface area contributed by atoms with Crippen molar-refractivity contribution in [1.29, 1.82) is 0 Å². The zero-order valence-electron chi connectivity index (χ0n) is 30.7. The zero-order valence-corrected chi connectivity index (χ0v) is 31.4. The standard InChI is InChI=1S/C41H44ClN7O4/c1-24-27(29-9-6-10-30(37(29)42)32-16-43-33(38(45-32)52-3)17-47-22-41(23-47)14-13-35(51)46-41)7-5-8-28(24)31-15-26-11-12-34(36(26)39(44-31)53-4)49-20-40(21-49)18-48(19-40)25(2)50/h5-10,15-16,34H,11-14,17-23H2,1-4H3,(H,46,51). The largest absolute Gasteiger partial charge is 0.481 e. The Kier molecular flexibility index (Phi) is 8.25. The van der Waals surface area contributed by atoms with Gasteiger partial charge in [-0.3, -0.25) is 24.4 Å². The van der Waals surface area contributed by atoms with E-state index in [4.69, 9.17) is 36.0 Å². The van der Waals surface area contributed by atoms with E-state index in [0.717, 1.165) is 97.7 Å². The summed E-state index contributed by atoms with van der Waals surface area (Å²) in [6.45, 7) is 9.73. The second-order valence-electron chi connectivity index (χ2n) is 15.8. The van der Waals surface area contributed by atoms with Crippen LogP contribution in [0.2, 0.25) is 5.02 Å². The molecule has 0 radical (unpaired) electrons. The van der Waals surface area contributed by atoms with Crippen molar-refractivity contribution in [1.82, 2.24) is 35.0 Å². The lowest BCUT2D eigenvalue weighted by atomic mass is 9.72. The number of halogens is 1. The summed E-state index contributed by atoms with van der Waals surface area (Å²) < 4.78 is 11.7. The number of aromatic nitrogens is 3. The number of rotatable bonds is 8. The maximum absolute atomic E-state index is 11.8. The van der Waals surface area contributed by atoms with Crippen LogP contribution in [0, 0.1) is 12.3 Å². The lowest BCUT2D eigenvalue weighted by Crippen LogP contribution is -2.72. The Hall–Kier alpha value is -4.58. The lowest BCUT2D eigenvalue weighted by Gasteiger charge is -2.61. The monoisotopic (exact) mass is 733 g/mol. The van der Waals surface area contributed by atoms with E-state index in [1.54, 1.807) is 27.3 Å². The van der Waals surface area contributed by atoms with E-state index in [9.17, 15) is 9.59 Å². The number of methoxy groups -OCH3 is 2. The average molecular weight is 734 g/mol. The molecule has 2 spiro atoms. The van der Waals surface area contributed by atoms with Gasteiger partial charge in [-0.05, 0) is 48.9 Å². The molecule has 4 fully saturated rings. The summed E-state index contributed by atoms with van der Waals surface area (Å²) in [7, 11) is 3.33. The molecule has 2 amide bonds. The number of carbonyl (C=O) groups excluding carboxylic acids is 2. The fraction of sp³-hybridized carbons (Fsp3) is 0.439. The normalized spacial score (nSPS) is 21.2.